The Bertz CT molecular complexity index is 361. The molecule has 0 fully saturated rings. The molecule has 0 atom stereocenters. The fraction of sp³-hybridized carbons (Fsp3) is 0.643. The van der Waals surface area contributed by atoms with E-state index in [0.29, 0.717) is 12.0 Å². The Labute approximate surface area is 105 Å². The van der Waals surface area contributed by atoms with Crippen LogP contribution in [0.25, 0.3) is 6.08 Å². The third-order valence-corrected chi connectivity index (χ3v) is 2.52. The predicted molar refractivity (Wildman–Crippen MR) is 74.0 cm³/mol. The maximum absolute atomic E-state index is 4.33. The number of rotatable bonds is 6. The zero-order valence-corrected chi connectivity index (χ0v) is 11.7. The monoisotopic (exact) mass is 235 g/mol. The van der Waals surface area contributed by atoms with Crippen molar-refractivity contribution in [2.24, 2.45) is 5.92 Å². The number of hydrogen-bond acceptors (Lipinski definition) is 2. The summed E-state index contributed by atoms with van der Waals surface area (Å²) >= 11 is 0. The molecule has 3 heteroatoms. The zero-order valence-electron chi connectivity index (χ0n) is 11.7. The van der Waals surface area contributed by atoms with Crippen LogP contribution in [0, 0.1) is 5.92 Å². The molecule has 0 bridgehead atoms. The second kappa shape index (κ2) is 6.60. The van der Waals surface area contributed by atoms with E-state index in [1.54, 1.807) is 0 Å². The maximum Gasteiger partial charge on any atom is 0.0562 e. The summed E-state index contributed by atoms with van der Waals surface area (Å²) in [5.74, 6) is 0.700. The normalized spacial score (nSPS) is 12.8. The first kappa shape index (κ1) is 14.0. The van der Waals surface area contributed by atoms with E-state index in [9.17, 15) is 0 Å². The average molecular weight is 235 g/mol. The van der Waals surface area contributed by atoms with Crippen molar-refractivity contribution >= 4 is 6.08 Å². The fourth-order valence-corrected chi connectivity index (χ4v) is 1.60. The SMILES string of the molecule is CC(=Cc1cnn(C(C)C)c1)CNCC(C)C. The van der Waals surface area contributed by atoms with Crippen molar-refractivity contribution in [2.75, 3.05) is 13.1 Å². The van der Waals surface area contributed by atoms with Gasteiger partial charge in [-0.2, -0.15) is 5.10 Å². The van der Waals surface area contributed by atoms with Crippen LogP contribution >= 0.6 is 0 Å². The lowest BCUT2D eigenvalue weighted by Gasteiger charge is -2.07. The van der Waals surface area contributed by atoms with E-state index in [-0.39, 0.29) is 0 Å². The van der Waals surface area contributed by atoms with Crippen LogP contribution in [0.5, 0.6) is 0 Å². The Morgan fingerprint density at radius 1 is 1.41 bits per heavy atom. The van der Waals surface area contributed by atoms with Crippen molar-refractivity contribution in [1.29, 1.82) is 0 Å². The summed E-state index contributed by atoms with van der Waals surface area (Å²) in [6, 6.07) is 0.427. The lowest BCUT2D eigenvalue weighted by Crippen LogP contribution is -2.21. The van der Waals surface area contributed by atoms with Crippen LogP contribution < -0.4 is 5.32 Å². The van der Waals surface area contributed by atoms with Gasteiger partial charge in [-0.05, 0) is 33.2 Å². The lowest BCUT2D eigenvalue weighted by molar-refractivity contribution is 0.532. The Morgan fingerprint density at radius 2 is 2.12 bits per heavy atom. The van der Waals surface area contributed by atoms with E-state index < -0.39 is 0 Å². The minimum atomic E-state index is 0.427. The van der Waals surface area contributed by atoms with Gasteiger partial charge in [0.25, 0.3) is 0 Å². The first-order valence-corrected chi connectivity index (χ1v) is 6.41. The maximum atomic E-state index is 4.33. The highest BCUT2D eigenvalue weighted by atomic mass is 15.3. The zero-order chi connectivity index (χ0) is 12.8. The van der Waals surface area contributed by atoms with E-state index >= 15 is 0 Å². The number of aromatic nitrogens is 2. The highest BCUT2D eigenvalue weighted by Gasteiger charge is 2.00. The molecule has 0 aromatic carbocycles. The van der Waals surface area contributed by atoms with Gasteiger partial charge >= 0.3 is 0 Å². The molecular formula is C14H25N3. The van der Waals surface area contributed by atoms with E-state index in [4.69, 9.17) is 0 Å². The Balaban J connectivity index is 2.49. The summed E-state index contributed by atoms with van der Waals surface area (Å²) in [6.07, 6.45) is 6.21. The van der Waals surface area contributed by atoms with Crippen LogP contribution in [0.15, 0.2) is 18.0 Å². The largest absolute Gasteiger partial charge is 0.313 e. The smallest absolute Gasteiger partial charge is 0.0562 e. The molecule has 0 unspecified atom stereocenters. The molecule has 96 valence electrons. The molecule has 0 radical (unpaired) electrons. The fourth-order valence-electron chi connectivity index (χ4n) is 1.60. The molecule has 0 saturated carbocycles. The van der Waals surface area contributed by atoms with Gasteiger partial charge in [-0.3, -0.25) is 4.68 Å². The summed E-state index contributed by atoms with van der Waals surface area (Å²) in [5, 5.41) is 7.77. The molecule has 1 aromatic rings. The first-order chi connectivity index (χ1) is 7.99. The molecule has 0 aliphatic carbocycles. The topological polar surface area (TPSA) is 29.9 Å². The third kappa shape index (κ3) is 5.18. The summed E-state index contributed by atoms with van der Waals surface area (Å²) in [4.78, 5) is 0. The van der Waals surface area contributed by atoms with Crippen LogP contribution in [0.2, 0.25) is 0 Å². The minimum Gasteiger partial charge on any atom is -0.313 e. The molecule has 1 N–H and O–H groups in total. The number of nitrogens with zero attached hydrogens (tertiary/aromatic N) is 2. The third-order valence-electron chi connectivity index (χ3n) is 2.52. The van der Waals surface area contributed by atoms with Gasteiger partial charge in [-0.25, -0.2) is 0 Å². The average Bonchev–Trinajstić information content (AvgIpc) is 2.65. The second-order valence-electron chi connectivity index (χ2n) is 5.36. The number of hydrogen-bond donors (Lipinski definition) is 1. The van der Waals surface area contributed by atoms with E-state index in [2.05, 4.69) is 57.3 Å². The van der Waals surface area contributed by atoms with E-state index in [1.165, 1.54) is 11.1 Å². The molecule has 0 aliphatic rings. The molecule has 17 heavy (non-hydrogen) atoms. The standard InChI is InChI=1S/C14H25N3/c1-11(2)7-15-8-13(5)6-14-9-16-17(10-14)12(3)4/h6,9-12,15H,7-8H2,1-5H3. The second-order valence-corrected chi connectivity index (χ2v) is 5.36. The summed E-state index contributed by atoms with van der Waals surface area (Å²) in [7, 11) is 0. The van der Waals surface area contributed by atoms with Crippen molar-refractivity contribution in [2.45, 2.75) is 40.7 Å². The predicted octanol–water partition coefficient (Wildman–Crippen LogP) is 3.11. The molecule has 3 nitrogen and oxygen atoms in total. The van der Waals surface area contributed by atoms with Crippen LogP contribution in [0.4, 0.5) is 0 Å². The Morgan fingerprint density at radius 3 is 2.65 bits per heavy atom. The van der Waals surface area contributed by atoms with Crippen LogP contribution in [0.1, 0.15) is 46.2 Å². The van der Waals surface area contributed by atoms with Gasteiger partial charge in [0.2, 0.25) is 0 Å². The van der Waals surface area contributed by atoms with Crippen LogP contribution in [0.3, 0.4) is 0 Å². The van der Waals surface area contributed by atoms with E-state index in [0.717, 1.165) is 13.1 Å². The Hall–Kier alpha value is -1.09. The molecule has 1 aromatic heterocycles. The van der Waals surface area contributed by atoms with Gasteiger partial charge < -0.3 is 5.32 Å². The summed E-state index contributed by atoms with van der Waals surface area (Å²) < 4.78 is 1.99. The van der Waals surface area contributed by atoms with Crippen molar-refractivity contribution in [3.63, 3.8) is 0 Å². The molecule has 0 aliphatic heterocycles. The summed E-state index contributed by atoms with van der Waals surface area (Å²) in [6.45, 7) is 12.9. The molecule has 0 spiro atoms. The van der Waals surface area contributed by atoms with Crippen molar-refractivity contribution in [3.8, 4) is 0 Å². The quantitative estimate of drug-likeness (QED) is 0.821. The highest BCUT2D eigenvalue weighted by Crippen LogP contribution is 2.09. The van der Waals surface area contributed by atoms with Crippen LogP contribution in [-0.2, 0) is 0 Å². The van der Waals surface area contributed by atoms with Gasteiger partial charge in [0.05, 0.1) is 6.20 Å². The first-order valence-electron chi connectivity index (χ1n) is 6.41. The van der Waals surface area contributed by atoms with Gasteiger partial charge in [-0.15, -0.1) is 0 Å². The van der Waals surface area contributed by atoms with Crippen LogP contribution in [-0.4, -0.2) is 22.9 Å². The van der Waals surface area contributed by atoms with Crippen molar-refractivity contribution in [3.05, 3.63) is 23.5 Å². The minimum absolute atomic E-state index is 0.427. The summed E-state index contributed by atoms with van der Waals surface area (Å²) in [5.41, 5.74) is 2.52. The Kier molecular flexibility index (Phi) is 5.42. The molecular weight excluding hydrogens is 210 g/mol. The molecule has 0 saturated heterocycles. The van der Waals surface area contributed by atoms with Gasteiger partial charge in [0.15, 0.2) is 0 Å². The highest BCUT2D eigenvalue weighted by molar-refractivity contribution is 5.50. The molecule has 1 heterocycles. The molecule has 1 rings (SSSR count). The lowest BCUT2D eigenvalue weighted by atomic mass is 10.2. The van der Waals surface area contributed by atoms with Gasteiger partial charge in [-0.1, -0.05) is 25.5 Å². The van der Waals surface area contributed by atoms with Crippen molar-refractivity contribution < 1.29 is 0 Å². The van der Waals surface area contributed by atoms with E-state index in [1.807, 2.05) is 10.9 Å². The molecule has 0 amide bonds. The van der Waals surface area contributed by atoms with Gasteiger partial charge in [0.1, 0.15) is 0 Å². The van der Waals surface area contributed by atoms with Gasteiger partial charge in [0, 0.05) is 24.3 Å². The number of nitrogens with one attached hydrogen (secondary N) is 1. The van der Waals surface area contributed by atoms with Crippen molar-refractivity contribution in [1.82, 2.24) is 15.1 Å².